The van der Waals surface area contributed by atoms with Gasteiger partial charge in [0.2, 0.25) is 11.9 Å². The zero-order valence-electron chi connectivity index (χ0n) is 19.8. The topological polar surface area (TPSA) is 66.6 Å². The predicted octanol–water partition coefficient (Wildman–Crippen LogP) is 5.21. The van der Waals surface area contributed by atoms with Gasteiger partial charge < -0.3 is 9.80 Å². The summed E-state index contributed by atoms with van der Waals surface area (Å²) in [5.74, 6) is 2.94. The number of hydrogen-bond donors (Lipinski definition) is 0. The van der Waals surface area contributed by atoms with E-state index in [0.717, 1.165) is 86.6 Å². The Morgan fingerprint density at radius 3 is 2.50 bits per heavy atom. The van der Waals surface area contributed by atoms with Gasteiger partial charge in [-0.25, -0.2) is 9.38 Å². The molecule has 3 aromatic rings. The lowest BCUT2D eigenvalue weighted by Gasteiger charge is -2.26. The monoisotopic (exact) mass is 480 g/mol. The second kappa shape index (κ2) is 9.33. The molecule has 0 unspecified atom stereocenters. The molecule has 2 aromatic heterocycles. The van der Waals surface area contributed by atoms with E-state index in [4.69, 9.17) is 21.7 Å². The van der Waals surface area contributed by atoms with Crippen LogP contribution >= 0.6 is 11.6 Å². The Bertz CT molecular complexity index is 1200. The van der Waals surface area contributed by atoms with Crippen LogP contribution in [0.1, 0.15) is 76.0 Å². The number of carbonyl (C=O) groups excluding carboxylic acids is 1. The average molecular weight is 481 g/mol. The van der Waals surface area contributed by atoms with Crippen LogP contribution in [0.5, 0.6) is 0 Å². The zero-order valence-corrected chi connectivity index (χ0v) is 20.5. The summed E-state index contributed by atoms with van der Waals surface area (Å²) >= 11 is 6.34. The number of anilines is 1. The average Bonchev–Trinajstić information content (AvgIpc) is 3.49. The number of aromatic nitrogens is 4. The van der Waals surface area contributed by atoms with Gasteiger partial charge in [-0.15, -0.1) is 10.2 Å². The van der Waals surface area contributed by atoms with Crippen LogP contribution in [0.3, 0.4) is 0 Å². The van der Waals surface area contributed by atoms with E-state index in [1.54, 1.807) is 0 Å². The van der Waals surface area contributed by atoms with Gasteiger partial charge >= 0.3 is 0 Å². The third-order valence-corrected chi connectivity index (χ3v) is 8.31. The van der Waals surface area contributed by atoms with Crippen molar-refractivity contribution in [1.82, 2.24) is 24.5 Å². The van der Waals surface area contributed by atoms with Crippen LogP contribution in [0.2, 0.25) is 5.02 Å². The second-order valence-corrected chi connectivity index (χ2v) is 10.7. The first kappa shape index (κ1) is 22.1. The molecule has 0 bridgehead atoms. The highest BCUT2D eigenvalue weighted by molar-refractivity contribution is 6.31. The summed E-state index contributed by atoms with van der Waals surface area (Å²) < 4.78 is 2.21. The lowest BCUT2D eigenvalue weighted by molar-refractivity contribution is -0.135. The maximum absolute atomic E-state index is 13.1. The molecule has 2 saturated carbocycles. The molecule has 8 heteroatoms. The van der Waals surface area contributed by atoms with Gasteiger partial charge in [0.15, 0.2) is 5.65 Å². The van der Waals surface area contributed by atoms with E-state index in [-0.39, 0.29) is 5.92 Å². The predicted molar refractivity (Wildman–Crippen MR) is 134 cm³/mol. The molecular formula is C26H33ClN6O. The standard InChI is InChI=1S/C26H33ClN6O/c27-20-11-12-21-22(17-20)28-26(33-23(29-30-24(21)33)18-7-2-1-3-8-18)32-14-6-13-31(15-16-32)25(34)19-9-4-5-10-19/h11-12,17-19H,1-10,13-16H2. The molecule has 3 fully saturated rings. The number of halogens is 1. The van der Waals surface area contributed by atoms with Crippen molar-refractivity contribution in [3.8, 4) is 0 Å². The van der Waals surface area contributed by atoms with Crippen molar-refractivity contribution >= 4 is 40.0 Å². The zero-order chi connectivity index (χ0) is 23.1. The largest absolute Gasteiger partial charge is 0.341 e. The van der Waals surface area contributed by atoms with Gasteiger partial charge in [-0.05, 0) is 50.3 Å². The second-order valence-electron chi connectivity index (χ2n) is 10.3. The van der Waals surface area contributed by atoms with E-state index < -0.39 is 0 Å². The SMILES string of the molecule is O=C(C1CCCC1)N1CCCN(c2nc3cc(Cl)ccc3c3nnc(C4CCCCC4)n23)CC1. The fourth-order valence-electron chi connectivity index (χ4n) is 6.22. The summed E-state index contributed by atoms with van der Waals surface area (Å²) in [6.07, 6.45) is 11.5. The van der Waals surface area contributed by atoms with Gasteiger partial charge in [0.25, 0.3) is 0 Å². The highest BCUT2D eigenvalue weighted by atomic mass is 35.5. The van der Waals surface area contributed by atoms with Crippen LogP contribution in [0.15, 0.2) is 18.2 Å². The van der Waals surface area contributed by atoms with E-state index in [2.05, 4.69) is 19.3 Å². The van der Waals surface area contributed by atoms with Crippen molar-refractivity contribution in [2.75, 3.05) is 31.1 Å². The molecule has 2 aliphatic carbocycles. The molecule has 7 nitrogen and oxygen atoms in total. The first-order valence-electron chi connectivity index (χ1n) is 13.1. The molecule has 1 aliphatic heterocycles. The Hall–Kier alpha value is -2.41. The van der Waals surface area contributed by atoms with Crippen molar-refractivity contribution in [2.45, 2.75) is 70.1 Å². The first-order chi connectivity index (χ1) is 16.7. The Morgan fingerprint density at radius 1 is 0.882 bits per heavy atom. The molecule has 34 heavy (non-hydrogen) atoms. The molecular weight excluding hydrogens is 448 g/mol. The van der Waals surface area contributed by atoms with Gasteiger partial charge in [0.05, 0.1) is 5.52 Å². The summed E-state index contributed by atoms with van der Waals surface area (Å²) in [5, 5.41) is 11.0. The Morgan fingerprint density at radius 2 is 1.68 bits per heavy atom. The maximum Gasteiger partial charge on any atom is 0.225 e. The number of benzene rings is 1. The minimum atomic E-state index is 0.231. The van der Waals surface area contributed by atoms with Crippen LogP contribution in [0.4, 0.5) is 5.95 Å². The van der Waals surface area contributed by atoms with Gasteiger partial charge in [-0.3, -0.25) is 4.79 Å². The van der Waals surface area contributed by atoms with Crippen molar-refractivity contribution in [1.29, 1.82) is 0 Å². The van der Waals surface area contributed by atoms with Crippen LogP contribution < -0.4 is 4.90 Å². The highest BCUT2D eigenvalue weighted by Gasteiger charge is 2.30. The molecule has 0 N–H and O–H groups in total. The molecule has 180 valence electrons. The first-order valence-corrected chi connectivity index (χ1v) is 13.4. The van der Waals surface area contributed by atoms with Crippen LogP contribution in [-0.4, -0.2) is 56.6 Å². The number of carbonyl (C=O) groups is 1. The fraction of sp³-hybridized carbons (Fsp3) is 0.615. The van der Waals surface area contributed by atoms with E-state index in [1.807, 2.05) is 18.2 Å². The molecule has 1 saturated heterocycles. The van der Waals surface area contributed by atoms with Crippen molar-refractivity contribution < 1.29 is 4.79 Å². The molecule has 0 atom stereocenters. The summed E-state index contributed by atoms with van der Waals surface area (Å²) in [6, 6.07) is 5.83. The normalized spacial score (nSPS) is 21.0. The van der Waals surface area contributed by atoms with Crippen LogP contribution in [0, 0.1) is 5.92 Å². The molecule has 6 rings (SSSR count). The summed E-state index contributed by atoms with van der Waals surface area (Å²) in [6.45, 7) is 3.21. The molecule has 0 radical (unpaired) electrons. The minimum Gasteiger partial charge on any atom is -0.341 e. The van der Waals surface area contributed by atoms with Gasteiger partial charge in [-0.1, -0.05) is 43.7 Å². The van der Waals surface area contributed by atoms with Crippen molar-refractivity contribution in [3.05, 3.63) is 29.0 Å². The van der Waals surface area contributed by atoms with Crippen LogP contribution in [-0.2, 0) is 4.79 Å². The van der Waals surface area contributed by atoms with Crippen molar-refractivity contribution in [3.63, 3.8) is 0 Å². The maximum atomic E-state index is 13.1. The fourth-order valence-corrected chi connectivity index (χ4v) is 6.38. The third-order valence-electron chi connectivity index (χ3n) is 8.07. The Balaban J connectivity index is 1.38. The molecule has 0 spiro atoms. The number of nitrogens with zero attached hydrogens (tertiary/aromatic N) is 6. The summed E-state index contributed by atoms with van der Waals surface area (Å²) in [4.78, 5) is 22.7. The minimum absolute atomic E-state index is 0.231. The molecule has 3 heterocycles. The Kier molecular flexibility index (Phi) is 6.06. The lowest BCUT2D eigenvalue weighted by atomic mass is 9.89. The summed E-state index contributed by atoms with van der Waals surface area (Å²) in [5.41, 5.74) is 1.71. The third kappa shape index (κ3) is 4.02. The highest BCUT2D eigenvalue weighted by Crippen LogP contribution is 2.35. The van der Waals surface area contributed by atoms with E-state index in [1.165, 1.54) is 32.1 Å². The quantitative estimate of drug-likeness (QED) is 0.515. The van der Waals surface area contributed by atoms with Gasteiger partial charge in [0.1, 0.15) is 5.82 Å². The molecule has 3 aliphatic rings. The van der Waals surface area contributed by atoms with Gasteiger partial charge in [0, 0.05) is 48.4 Å². The number of hydrogen-bond acceptors (Lipinski definition) is 5. The number of fused-ring (bicyclic) bond motifs is 3. The molecule has 1 aromatic carbocycles. The number of amides is 1. The van der Waals surface area contributed by atoms with E-state index >= 15 is 0 Å². The number of rotatable bonds is 3. The van der Waals surface area contributed by atoms with E-state index in [0.29, 0.717) is 16.8 Å². The van der Waals surface area contributed by atoms with Crippen LogP contribution in [0.25, 0.3) is 16.6 Å². The Labute approximate surface area is 205 Å². The lowest BCUT2D eigenvalue weighted by Crippen LogP contribution is -2.38. The van der Waals surface area contributed by atoms with E-state index in [9.17, 15) is 4.79 Å². The van der Waals surface area contributed by atoms with Crippen molar-refractivity contribution in [2.24, 2.45) is 5.92 Å². The molecule has 1 amide bonds. The van der Waals surface area contributed by atoms with Gasteiger partial charge in [-0.2, -0.15) is 0 Å². The smallest absolute Gasteiger partial charge is 0.225 e. The summed E-state index contributed by atoms with van der Waals surface area (Å²) in [7, 11) is 0.